The van der Waals surface area contributed by atoms with E-state index in [0.29, 0.717) is 5.15 Å². The molecule has 0 aliphatic rings. The maximum atomic E-state index is 5.59. The minimum absolute atomic E-state index is 0.276. The number of rotatable bonds is 1. The van der Waals surface area contributed by atoms with Crippen molar-refractivity contribution in [1.82, 2.24) is 9.55 Å². The number of nitrogens with zero attached hydrogens (tertiary/aromatic N) is 2. The van der Waals surface area contributed by atoms with Gasteiger partial charge in [0.2, 0.25) is 0 Å². The molecule has 0 N–H and O–H groups in total. The average Bonchev–Trinajstić information content (AvgIpc) is 2.15. The minimum Gasteiger partial charge on any atom is -0.306 e. The van der Waals surface area contributed by atoms with Gasteiger partial charge in [-0.3, -0.25) is 0 Å². The molecule has 0 saturated heterocycles. The van der Waals surface area contributed by atoms with Crippen molar-refractivity contribution in [3.63, 3.8) is 0 Å². The first-order chi connectivity index (χ1) is 4.25. The summed E-state index contributed by atoms with van der Waals surface area (Å²) in [5, 5.41) is 0.670. The Balaban J connectivity index is 3.04. The van der Waals surface area contributed by atoms with Gasteiger partial charge in [0, 0.05) is 0 Å². The quantitative estimate of drug-likeness (QED) is 0.614. The van der Waals surface area contributed by atoms with Gasteiger partial charge in [0.05, 0.1) is 12.3 Å². The molecular formula is C4H3Cl3N2. The highest BCUT2D eigenvalue weighted by Crippen LogP contribution is 2.19. The largest absolute Gasteiger partial charge is 0.306 e. The van der Waals surface area contributed by atoms with Gasteiger partial charge >= 0.3 is 0 Å². The summed E-state index contributed by atoms with van der Waals surface area (Å²) in [5.74, 6) is 0. The third kappa shape index (κ3) is 1.31. The van der Waals surface area contributed by atoms with Crippen molar-refractivity contribution in [2.75, 3.05) is 0 Å². The summed E-state index contributed by atoms with van der Waals surface area (Å²) in [6.45, 7) is 0. The standard InChI is InChI=1S/C4H3Cl3N2/c5-1-9-2-8-3(6)4(9)7/h2H,1H2. The number of hydrogen-bond donors (Lipinski definition) is 0. The van der Waals surface area contributed by atoms with Gasteiger partial charge in [-0.1, -0.05) is 23.2 Å². The second kappa shape index (κ2) is 2.78. The second-order valence-electron chi connectivity index (χ2n) is 1.42. The van der Waals surface area contributed by atoms with Crippen molar-refractivity contribution in [2.45, 2.75) is 6.00 Å². The fraction of sp³-hybridized carbons (Fsp3) is 0.250. The summed E-state index contributed by atoms with van der Waals surface area (Å²) in [7, 11) is 0. The maximum absolute atomic E-state index is 5.59. The van der Waals surface area contributed by atoms with Crippen molar-refractivity contribution >= 4 is 34.8 Å². The van der Waals surface area contributed by atoms with E-state index >= 15 is 0 Å². The van der Waals surface area contributed by atoms with Gasteiger partial charge in [-0.2, -0.15) is 0 Å². The van der Waals surface area contributed by atoms with E-state index in [1.807, 2.05) is 0 Å². The summed E-state index contributed by atoms with van der Waals surface area (Å²) in [4.78, 5) is 3.70. The second-order valence-corrected chi connectivity index (χ2v) is 2.37. The molecule has 2 nitrogen and oxygen atoms in total. The molecule has 1 rings (SSSR count). The van der Waals surface area contributed by atoms with Crippen molar-refractivity contribution < 1.29 is 0 Å². The Morgan fingerprint density at radius 1 is 1.56 bits per heavy atom. The third-order valence-corrected chi connectivity index (χ3v) is 1.89. The molecule has 1 heterocycles. The lowest BCUT2D eigenvalue weighted by atomic mass is 10.9. The van der Waals surface area contributed by atoms with E-state index in [1.54, 1.807) is 0 Å². The molecule has 5 heteroatoms. The first kappa shape index (κ1) is 7.19. The fourth-order valence-corrected chi connectivity index (χ4v) is 0.973. The van der Waals surface area contributed by atoms with E-state index in [9.17, 15) is 0 Å². The van der Waals surface area contributed by atoms with Gasteiger partial charge in [-0.25, -0.2) is 4.98 Å². The summed E-state index contributed by atoms with van der Waals surface area (Å²) in [5.41, 5.74) is 0. The molecule has 1 aromatic rings. The van der Waals surface area contributed by atoms with Gasteiger partial charge in [0.15, 0.2) is 5.15 Å². The van der Waals surface area contributed by atoms with Gasteiger partial charge in [-0.05, 0) is 0 Å². The van der Waals surface area contributed by atoms with Crippen LogP contribution >= 0.6 is 34.8 Å². The van der Waals surface area contributed by atoms with Gasteiger partial charge < -0.3 is 4.57 Å². The van der Waals surface area contributed by atoms with Crippen LogP contribution in [0.4, 0.5) is 0 Å². The van der Waals surface area contributed by atoms with E-state index in [4.69, 9.17) is 34.8 Å². The summed E-state index contributed by atoms with van der Waals surface area (Å²) in [6.07, 6.45) is 1.48. The molecule has 0 aliphatic carbocycles. The van der Waals surface area contributed by atoms with E-state index in [2.05, 4.69) is 4.98 Å². The Labute approximate surface area is 67.3 Å². The summed E-state index contributed by atoms with van der Waals surface area (Å²) in [6, 6.07) is 0.276. The predicted molar refractivity (Wildman–Crippen MR) is 38.1 cm³/mol. The number of aromatic nitrogens is 2. The monoisotopic (exact) mass is 184 g/mol. The van der Waals surface area contributed by atoms with Crippen LogP contribution in [0.3, 0.4) is 0 Å². The van der Waals surface area contributed by atoms with Crippen LogP contribution in [0.5, 0.6) is 0 Å². The highest BCUT2D eigenvalue weighted by molar-refractivity contribution is 6.40. The molecule has 0 amide bonds. The Kier molecular flexibility index (Phi) is 2.22. The van der Waals surface area contributed by atoms with Crippen molar-refractivity contribution in [1.29, 1.82) is 0 Å². The lowest BCUT2D eigenvalue weighted by Crippen LogP contribution is -1.87. The summed E-state index contributed by atoms with van der Waals surface area (Å²) < 4.78 is 1.53. The van der Waals surface area contributed by atoms with Crippen LogP contribution in [-0.4, -0.2) is 9.55 Å². The van der Waals surface area contributed by atoms with Crippen LogP contribution < -0.4 is 0 Å². The predicted octanol–water partition coefficient (Wildman–Crippen LogP) is 2.39. The Morgan fingerprint density at radius 3 is 2.44 bits per heavy atom. The van der Waals surface area contributed by atoms with E-state index in [-0.39, 0.29) is 11.2 Å². The zero-order valence-corrected chi connectivity index (χ0v) is 6.58. The minimum atomic E-state index is 0.276. The molecular weight excluding hydrogens is 182 g/mol. The Bertz CT molecular complexity index is 208. The number of halogens is 3. The topological polar surface area (TPSA) is 17.8 Å². The van der Waals surface area contributed by atoms with Crippen molar-refractivity contribution in [3.8, 4) is 0 Å². The van der Waals surface area contributed by atoms with Crippen LogP contribution in [-0.2, 0) is 6.00 Å². The molecule has 0 aromatic carbocycles. The molecule has 9 heavy (non-hydrogen) atoms. The molecule has 0 saturated carbocycles. The number of hydrogen-bond acceptors (Lipinski definition) is 1. The van der Waals surface area contributed by atoms with Gasteiger partial charge in [-0.15, -0.1) is 11.6 Å². The van der Waals surface area contributed by atoms with Crippen LogP contribution in [0.2, 0.25) is 10.3 Å². The van der Waals surface area contributed by atoms with Crippen molar-refractivity contribution in [2.24, 2.45) is 0 Å². The molecule has 0 unspecified atom stereocenters. The third-order valence-electron chi connectivity index (χ3n) is 0.862. The molecule has 0 atom stereocenters. The Hall–Kier alpha value is 0.0800. The summed E-state index contributed by atoms with van der Waals surface area (Å²) >= 11 is 16.5. The highest BCUT2D eigenvalue weighted by atomic mass is 35.5. The molecule has 0 aliphatic heterocycles. The lowest BCUT2D eigenvalue weighted by Gasteiger charge is -1.92. The normalized spacial score (nSPS) is 10.1. The van der Waals surface area contributed by atoms with Gasteiger partial charge in [0.25, 0.3) is 0 Å². The highest BCUT2D eigenvalue weighted by Gasteiger charge is 2.02. The lowest BCUT2D eigenvalue weighted by molar-refractivity contribution is 0.882. The molecule has 0 spiro atoms. The van der Waals surface area contributed by atoms with Gasteiger partial charge in [0.1, 0.15) is 5.15 Å². The van der Waals surface area contributed by atoms with E-state index in [0.717, 1.165) is 0 Å². The van der Waals surface area contributed by atoms with Crippen LogP contribution in [0.15, 0.2) is 6.33 Å². The van der Waals surface area contributed by atoms with Crippen LogP contribution in [0.1, 0.15) is 0 Å². The van der Waals surface area contributed by atoms with E-state index in [1.165, 1.54) is 10.9 Å². The molecule has 0 fully saturated rings. The van der Waals surface area contributed by atoms with Crippen LogP contribution in [0.25, 0.3) is 0 Å². The first-order valence-corrected chi connectivity index (χ1v) is 3.47. The number of imidazole rings is 1. The zero-order valence-electron chi connectivity index (χ0n) is 4.31. The average molecular weight is 185 g/mol. The SMILES string of the molecule is ClCn1cnc(Cl)c1Cl. The molecule has 0 radical (unpaired) electrons. The van der Waals surface area contributed by atoms with E-state index < -0.39 is 0 Å². The Morgan fingerprint density at radius 2 is 2.22 bits per heavy atom. The fourth-order valence-electron chi connectivity index (χ4n) is 0.426. The molecule has 1 aromatic heterocycles. The maximum Gasteiger partial charge on any atom is 0.166 e. The smallest absolute Gasteiger partial charge is 0.166 e. The van der Waals surface area contributed by atoms with Crippen molar-refractivity contribution in [3.05, 3.63) is 16.6 Å². The van der Waals surface area contributed by atoms with Crippen LogP contribution in [0, 0.1) is 0 Å². The molecule has 50 valence electrons. The number of alkyl halides is 1. The molecule has 0 bridgehead atoms. The first-order valence-electron chi connectivity index (χ1n) is 2.18. The zero-order chi connectivity index (χ0) is 6.85.